The molecule has 2 aromatic carbocycles. The van der Waals surface area contributed by atoms with Gasteiger partial charge in [0.15, 0.2) is 0 Å². The fourth-order valence-electron chi connectivity index (χ4n) is 4.66. The van der Waals surface area contributed by atoms with E-state index in [1.165, 1.54) is 0 Å². The first kappa shape index (κ1) is 37.6. The fourth-order valence-corrected chi connectivity index (χ4v) is 5.25. The summed E-state index contributed by atoms with van der Waals surface area (Å²) in [4.78, 5) is 0. The van der Waals surface area contributed by atoms with Crippen LogP contribution in [0.4, 0.5) is 0 Å². The maximum Gasteiger partial charge on any atom is 0.698 e. The van der Waals surface area contributed by atoms with Crippen molar-refractivity contribution >= 4 is 8.25 Å². The summed E-state index contributed by atoms with van der Waals surface area (Å²) < 4.78 is 36.7. The molecule has 0 aromatic heterocycles. The van der Waals surface area contributed by atoms with Gasteiger partial charge in [-0.1, -0.05) is 83.1 Å². The van der Waals surface area contributed by atoms with Crippen LogP contribution >= 0.6 is 8.25 Å². The molecule has 0 fully saturated rings. The van der Waals surface area contributed by atoms with E-state index >= 15 is 0 Å². The Morgan fingerprint density at radius 1 is 0.537 bits per heavy atom. The molecule has 0 bridgehead atoms. The minimum absolute atomic E-state index is 0. The molecule has 5 nitrogen and oxygen atoms in total. The van der Waals surface area contributed by atoms with Crippen molar-refractivity contribution in [3.63, 3.8) is 0 Å². The first-order valence-corrected chi connectivity index (χ1v) is 15.6. The van der Waals surface area contributed by atoms with Crippen molar-refractivity contribution in [2.24, 2.45) is 0 Å². The summed E-state index contributed by atoms with van der Waals surface area (Å²) >= 11 is 0. The molecular weight excluding hydrogens is 578 g/mol. The zero-order chi connectivity index (χ0) is 30.7. The van der Waals surface area contributed by atoms with Gasteiger partial charge in [0.25, 0.3) is 0 Å². The van der Waals surface area contributed by atoms with Crippen molar-refractivity contribution in [2.75, 3.05) is 13.2 Å². The van der Waals surface area contributed by atoms with Crippen LogP contribution in [0.25, 0.3) is 0 Å². The van der Waals surface area contributed by atoms with E-state index < -0.39 is 8.25 Å². The van der Waals surface area contributed by atoms with Crippen LogP contribution in [0.2, 0.25) is 0 Å². The topological polar surface area (TPSA) is 54.0 Å². The van der Waals surface area contributed by atoms with Crippen LogP contribution in [0.5, 0.6) is 11.5 Å². The van der Waals surface area contributed by atoms with E-state index in [4.69, 9.17) is 18.5 Å². The van der Waals surface area contributed by atoms with E-state index in [0.29, 0.717) is 13.2 Å². The third kappa shape index (κ3) is 10.3. The molecule has 0 aliphatic carbocycles. The third-order valence-electron chi connectivity index (χ3n) is 6.78. The van der Waals surface area contributed by atoms with Crippen molar-refractivity contribution < 1.29 is 39.6 Å². The minimum Gasteiger partial charge on any atom is -0.493 e. The van der Waals surface area contributed by atoms with E-state index in [9.17, 15) is 4.57 Å². The predicted molar refractivity (Wildman–Crippen MR) is 167 cm³/mol. The van der Waals surface area contributed by atoms with Gasteiger partial charge in [0.2, 0.25) is 0 Å². The van der Waals surface area contributed by atoms with Gasteiger partial charge in [0.05, 0.1) is 13.2 Å². The summed E-state index contributed by atoms with van der Waals surface area (Å²) in [6.45, 7) is 31.8. The van der Waals surface area contributed by atoms with Gasteiger partial charge < -0.3 is 9.47 Å². The molecule has 0 spiro atoms. The Bertz CT molecular complexity index is 1020. The number of ether oxygens (including phenoxy) is 2. The Balaban J connectivity index is 0.00000840. The SMILES string of the molecule is CCOc1c(C(C)(C)C)cc(CO[P+](=O)OCc2cc(C(C)(C)C)c(OCC)c(C(C)(C)C)c2)cc1C(C)(C)C.[Ni]. The van der Waals surface area contributed by atoms with Gasteiger partial charge in [-0.15, -0.1) is 9.05 Å². The van der Waals surface area contributed by atoms with Crippen molar-refractivity contribution in [1.29, 1.82) is 0 Å². The van der Waals surface area contributed by atoms with Crippen molar-refractivity contribution in [3.05, 3.63) is 57.6 Å². The Morgan fingerprint density at radius 3 is 0.976 bits per heavy atom. The molecule has 0 saturated heterocycles. The van der Waals surface area contributed by atoms with Crippen molar-refractivity contribution in [3.8, 4) is 11.5 Å². The van der Waals surface area contributed by atoms with Gasteiger partial charge in [-0.05, 0) is 70.9 Å². The summed E-state index contributed by atoms with van der Waals surface area (Å²) in [5.74, 6) is 1.87. The molecule has 0 radical (unpaired) electrons. The van der Waals surface area contributed by atoms with E-state index in [1.54, 1.807) is 0 Å². The van der Waals surface area contributed by atoms with Gasteiger partial charge in [-0.2, -0.15) is 0 Å². The van der Waals surface area contributed by atoms with Crippen molar-refractivity contribution in [2.45, 2.75) is 132 Å². The van der Waals surface area contributed by atoms with Crippen LogP contribution in [0.15, 0.2) is 24.3 Å². The average Bonchev–Trinajstić information content (AvgIpc) is 2.79. The number of hydrogen-bond donors (Lipinski definition) is 0. The molecule has 0 saturated carbocycles. The molecule has 0 N–H and O–H groups in total. The molecule has 7 heteroatoms. The van der Waals surface area contributed by atoms with Crippen LogP contribution in [-0.4, -0.2) is 13.2 Å². The van der Waals surface area contributed by atoms with E-state index in [1.807, 2.05) is 13.8 Å². The molecule has 234 valence electrons. The van der Waals surface area contributed by atoms with Crippen LogP contribution < -0.4 is 9.47 Å². The summed E-state index contributed by atoms with van der Waals surface area (Å²) in [6.07, 6.45) is 0. The first-order valence-electron chi connectivity index (χ1n) is 14.5. The van der Waals surface area contributed by atoms with Gasteiger partial charge in [-0.25, -0.2) is 0 Å². The molecule has 41 heavy (non-hydrogen) atoms. The second kappa shape index (κ2) is 14.4. The molecule has 0 atom stereocenters. The standard InChI is InChI=1S/C34H54O5P.Ni/c1-15-36-29-25(31(3,4)5)17-23(18-26(29)32(6,7)8)21-38-40(35)39-22-24-19-27(33(9,10)11)30(37-16-2)28(20-24)34(12,13)14;/h17-20H,15-16,21-22H2,1-14H3;/q+1;. The largest absolute Gasteiger partial charge is 0.698 e. The zero-order valence-corrected chi connectivity index (χ0v) is 29.8. The van der Waals surface area contributed by atoms with Crippen LogP contribution in [-0.2, 0) is 65.0 Å². The molecule has 0 heterocycles. The van der Waals surface area contributed by atoms with E-state index in [2.05, 4.69) is 107 Å². The third-order valence-corrected chi connectivity index (χ3v) is 7.46. The Kier molecular flexibility index (Phi) is 13.2. The van der Waals surface area contributed by atoms with Gasteiger partial charge in [0.1, 0.15) is 24.7 Å². The molecular formula is C34H54NiO5P+. The normalized spacial score (nSPS) is 12.6. The molecule has 0 aliphatic rings. The Hall–Kier alpha value is -1.45. The Labute approximate surface area is 261 Å². The fraction of sp³-hybridized carbons (Fsp3) is 0.647. The molecule has 2 aromatic rings. The van der Waals surface area contributed by atoms with Crippen LogP contribution in [0, 0.1) is 0 Å². The average molecular weight is 632 g/mol. The quantitative estimate of drug-likeness (QED) is 0.193. The van der Waals surface area contributed by atoms with Crippen molar-refractivity contribution in [1.82, 2.24) is 0 Å². The van der Waals surface area contributed by atoms with Gasteiger partial charge in [-0.3, -0.25) is 0 Å². The zero-order valence-electron chi connectivity index (χ0n) is 27.9. The molecule has 2 rings (SSSR count). The number of hydrogen-bond acceptors (Lipinski definition) is 5. The summed E-state index contributed by atoms with van der Waals surface area (Å²) in [7, 11) is -2.32. The van der Waals surface area contributed by atoms with Gasteiger partial charge in [0, 0.05) is 43.3 Å². The summed E-state index contributed by atoms with van der Waals surface area (Å²) in [5, 5.41) is 0. The van der Waals surface area contributed by atoms with E-state index in [-0.39, 0.29) is 51.4 Å². The monoisotopic (exact) mass is 631 g/mol. The maximum absolute atomic E-state index is 12.9. The molecule has 0 unspecified atom stereocenters. The smallest absolute Gasteiger partial charge is 0.493 e. The second-order valence-corrected chi connectivity index (χ2v) is 15.6. The Morgan fingerprint density at radius 2 is 0.780 bits per heavy atom. The summed E-state index contributed by atoms with van der Waals surface area (Å²) in [5.41, 5.74) is 5.90. The van der Waals surface area contributed by atoms with E-state index in [0.717, 1.165) is 44.9 Å². The summed E-state index contributed by atoms with van der Waals surface area (Å²) in [6, 6.07) is 8.45. The van der Waals surface area contributed by atoms with Crippen LogP contribution in [0.1, 0.15) is 130 Å². The van der Waals surface area contributed by atoms with Crippen LogP contribution in [0.3, 0.4) is 0 Å². The first-order chi connectivity index (χ1) is 18.2. The number of rotatable bonds is 10. The minimum atomic E-state index is -2.32. The second-order valence-electron chi connectivity index (χ2n) is 14.7. The van der Waals surface area contributed by atoms with Gasteiger partial charge >= 0.3 is 8.25 Å². The maximum atomic E-state index is 12.9. The number of benzene rings is 2. The molecule has 0 aliphatic heterocycles. The predicted octanol–water partition coefficient (Wildman–Crippen LogP) is 10.1. The molecule has 0 amide bonds.